The molecule has 4 rings (SSSR count). The van der Waals surface area contributed by atoms with Crippen molar-refractivity contribution in [2.75, 3.05) is 6.54 Å². The molecule has 2 aliphatic heterocycles. The van der Waals surface area contributed by atoms with E-state index in [1.54, 1.807) is 9.96 Å². The number of oxime groups is 1. The third-order valence-electron chi connectivity index (χ3n) is 5.15. The molecule has 1 spiro atoms. The Hall–Kier alpha value is -2.08. The minimum absolute atomic E-state index is 0.116. The molecular formula is C16H19N3O3. The van der Waals surface area contributed by atoms with Crippen molar-refractivity contribution in [3.05, 3.63) is 35.9 Å². The van der Waals surface area contributed by atoms with Crippen molar-refractivity contribution in [3.8, 4) is 0 Å². The molecule has 2 atom stereocenters. The second-order valence-electron chi connectivity index (χ2n) is 6.43. The fourth-order valence-corrected chi connectivity index (χ4v) is 3.75. The van der Waals surface area contributed by atoms with Crippen molar-refractivity contribution in [3.63, 3.8) is 0 Å². The van der Waals surface area contributed by atoms with Crippen molar-refractivity contribution < 1.29 is 14.8 Å². The Morgan fingerprint density at radius 3 is 2.82 bits per heavy atom. The van der Waals surface area contributed by atoms with E-state index < -0.39 is 0 Å². The standard InChI is InChI=1S/C16H19N3O3/c20-15-18-10-14(16(6-7-16)8-13(18)9-17-21)19(15)22-11-12-4-2-1-3-5-12/h1-5,9,13-14,21H,6-8,10-11H2/b17-9+/t13?,14-/m0/s1. The molecule has 1 aromatic carbocycles. The summed E-state index contributed by atoms with van der Waals surface area (Å²) < 4.78 is 0. The number of hydrogen-bond acceptors (Lipinski definition) is 4. The molecule has 1 unspecified atom stereocenters. The summed E-state index contributed by atoms with van der Waals surface area (Å²) in [5, 5.41) is 13.5. The molecule has 0 radical (unpaired) electrons. The topological polar surface area (TPSA) is 65.4 Å². The molecule has 2 heterocycles. The summed E-state index contributed by atoms with van der Waals surface area (Å²) >= 11 is 0. The van der Waals surface area contributed by atoms with Crippen molar-refractivity contribution in [1.29, 1.82) is 0 Å². The summed E-state index contributed by atoms with van der Waals surface area (Å²) in [5.74, 6) is 0. The number of carbonyl (C=O) groups is 1. The van der Waals surface area contributed by atoms with E-state index >= 15 is 0 Å². The van der Waals surface area contributed by atoms with Gasteiger partial charge < -0.3 is 10.1 Å². The molecule has 2 amide bonds. The second kappa shape index (κ2) is 4.98. The SMILES string of the molecule is O=C1N2C[C@H](N1OCc1ccccc1)C1(CC1)CC2/C=N/O. The molecule has 3 aliphatic rings. The van der Waals surface area contributed by atoms with Crippen LogP contribution in [0.2, 0.25) is 0 Å². The van der Waals surface area contributed by atoms with Gasteiger partial charge in [-0.1, -0.05) is 35.5 Å². The first-order valence-corrected chi connectivity index (χ1v) is 7.68. The molecule has 3 fully saturated rings. The maximum atomic E-state index is 12.6. The van der Waals surface area contributed by atoms with Gasteiger partial charge in [-0.05, 0) is 30.2 Å². The highest BCUT2D eigenvalue weighted by molar-refractivity contribution is 5.82. The molecule has 22 heavy (non-hydrogen) atoms. The normalized spacial score (nSPS) is 28.8. The minimum Gasteiger partial charge on any atom is -0.411 e. The summed E-state index contributed by atoms with van der Waals surface area (Å²) in [6.07, 6.45) is 4.55. The fourth-order valence-electron chi connectivity index (χ4n) is 3.75. The quantitative estimate of drug-likeness (QED) is 0.527. The predicted octanol–water partition coefficient (Wildman–Crippen LogP) is 2.24. The van der Waals surface area contributed by atoms with Crippen molar-refractivity contribution in [2.24, 2.45) is 10.6 Å². The Kier molecular flexibility index (Phi) is 3.07. The van der Waals surface area contributed by atoms with Gasteiger partial charge in [0.2, 0.25) is 0 Å². The first-order chi connectivity index (χ1) is 10.7. The van der Waals surface area contributed by atoms with Gasteiger partial charge in [0.15, 0.2) is 0 Å². The molecule has 6 heteroatoms. The lowest BCUT2D eigenvalue weighted by Gasteiger charge is -2.34. The number of rotatable bonds is 4. The van der Waals surface area contributed by atoms with Gasteiger partial charge in [-0.3, -0.25) is 4.84 Å². The van der Waals surface area contributed by atoms with E-state index in [4.69, 9.17) is 10.0 Å². The van der Waals surface area contributed by atoms with Gasteiger partial charge in [0.25, 0.3) is 0 Å². The molecule has 1 aliphatic carbocycles. The maximum absolute atomic E-state index is 12.6. The van der Waals surface area contributed by atoms with Crippen LogP contribution in [0.3, 0.4) is 0 Å². The fraction of sp³-hybridized carbons (Fsp3) is 0.500. The van der Waals surface area contributed by atoms with Gasteiger partial charge >= 0.3 is 6.03 Å². The molecule has 116 valence electrons. The first-order valence-electron chi connectivity index (χ1n) is 7.68. The Bertz CT molecular complexity index is 600. The summed E-state index contributed by atoms with van der Waals surface area (Å²) in [6, 6.07) is 9.73. The van der Waals surface area contributed by atoms with Crippen LogP contribution in [-0.4, -0.2) is 46.0 Å². The van der Waals surface area contributed by atoms with Gasteiger partial charge in [0.05, 0.1) is 18.3 Å². The van der Waals surface area contributed by atoms with Crippen molar-refractivity contribution in [2.45, 2.75) is 38.0 Å². The van der Waals surface area contributed by atoms with E-state index in [-0.39, 0.29) is 23.5 Å². The third-order valence-corrected chi connectivity index (χ3v) is 5.15. The zero-order valence-corrected chi connectivity index (χ0v) is 12.3. The second-order valence-corrected chi connectivity index (χ2v) is 6.43. The number of urea groups is 1. The summed E-state index contributed by atoms with van der Waals surface area (Å²) in [7, 11) is 0. The molecule has 2 saturated heterocycles. The van der Waals surface area contributed by atoms with Crippen LogP contribution >= 0.6 is 0 Å². The lowest BCUT2D eigenvalue weighted by atomic mass is 9.86. The molecule has 2 bridgehead atoms. The zero-order chi connectivity index (χ0) is 15.2. The number of hydroxylamine groups is 2. The summed E-state index contributed by atoms with van der Waals surface area (Å²) in [4.78, 5) is 20.2. The van der Waals surface area contributed by atoms with E-state index in [1.807, 2.05) is 30.3 Å². The lowest BCUT2D eigenvalue weighted by molar-refractivity contribution is -0.153. The van der Waals surface area contributed by atoms with Gasteiger partial charge in [-0.25, -0.2) is 4.79 Å². The Morgan fingerprint density at radius 2 is 2.14 bits per heavy atom. The number of carbonyl (C=O) groups excluding carboxylic acids is 1. The minimum atomic E-state index is -0.124. The van der Waals surface area contributed by atoms with Gasteiger partial charge in [-0.15, -0.1) is 0 Å². The van der Waals surface area contributed by atoms with E-state index in [9.17, 15) is 4.79 Å². The maximum Gasteiger partial charge on any atom is 0.344 e. The molecule has 1 N–H and O–H groups in total. The summed E-state index contributed by atoms with van der Waals surface area (Å²) in [5.41, 5.74) is 1.19. The van der Waals surface area contributed by atoms with Crippen LogP contribution in [0.5, 0.6) is 0 Å². The van der Waals surface area contributed by atoms with Crippen LogP contribution in [0, 0.1) is 5.41 Å². The zero-order valence-electron chi connectivity index (χ0n) is 12.3. The lowest BCUT2D eigenvalue weighted by Crippen LogP contribution is -2.46. The molecule has 6 nitrogen and oxygen atoms in total. The van der Waals surface area contributed by atoms with E-state index in [0.717, 1.165) is 24.8 Å². The van der Waals surface area contributed by atoms with Crippen LogP contribution in [0.15, 0.2) is 35.5 Å². The molecule has 1 aromatic rings. The number of hydrogen-bond donors (Lipinski definition) is 1. The third kappa shape index (κ3) is 2.06. The monoisotopic (exact) mass is 301 g/mol. The van der Waals surface area contributed by atoms with Crippen LogP contribution in [0.4, 0.5) is 4.79 Å². The summed E-state index contributed by atoms with van der Waals surface area (Å²) in [6.45, 7) is 1.05. The van der Waals surface area contributed by atoms with Gasteiger partial charge in [-0.2, -0.15) is 5.06 Å². The molecule has 1 saturated carbocycles. The van der Waals surface area contributed by atoms with Gasteiger partial charge in [0.1, 0.15) is 6.61 Å². The van der Waals surface area contributed by atoms with Crippen LogP contribution < -0.4 is 0 Å². The number of benzene rings is 1. The molecule has 0 aromatic heterocycles. The van der Waals surface area contributed by atoms with Crippen molar-refractivity contribution in [1.82, 2.24) is 9.96 Å². The van der Waals surface area contributed by atoms with Gasteiger partial charge in [0, 0.05) is 6.54 Å². The van der Waals surface area contributed by atoms with E-state index in [1.165, 1.54) is 6.21 Å². The number of amides is 2. The molecular weight excluding hydrogens is 282 g/mol. The highest BCUT2D eigenvalue weighted by atomic mass is 16.7. The van der Waals surface area contributed by atoms with Crippen molar-refractivity contribution >= 4 is 12.2 Å². The highest BCUT2D eigenvalue weighted by Gasteiger charge is 2.62. The highest BCUT2D eigenvalue weighted by Crippen LogP contribution is 2.58. The Balaban J connectivity index is 1.52. The number of piperidine rings is 1. The average molecular weight is 301 g/mol. The van der Waals surface area contributed by atoms with Crippen LogP contribution in [-0.2, 0) is 11.4 Å². The Labute approximate surface area is 128 Å². The average Bonchev–Trinajstić information content (AvgIpc) is 3.24. The van der Waals surface area contributed by atoms with E-state index in [2.05, 4.69) is 5.16 Å². The Morgan fingerprint density at radius 1 is 1.36 bits per heavy atom. The largest absolute Gasteiger partial charge is 0.411 e. The number of nitrogens with zero attached hydrogens (tertiary/aromatic N) is 3. The first kappa shape index (κ1) is 13.6. The number of fused-ring (bicyclic) bond motifs is 3. The van der Waals surface area contributed by atoms with E-state index in [0.29, 0.717) is 13.2 Å². The van der Waals surface area contributed by atoms with Crippen LogP contribution in [0.1, 0.15) is 24.8 Å². The van der Waals surface area contributed by atoms with Crippen LogP contribution in [0.25, 0.3) is 0 Å². The smallest absolute Gasteiger partial charge is 0.344 e. The predicted molar refractivity (Wildman–Crippen MR) is 79.3 cm³/mol.